The number of nitrogens with zero attached hydrogens (tertiary/aromatic N) is 3. The van der Waals surface area contributed by atoms with Crippen LogP contribution in [0.25, 0.3) is 0 Å². The molecule has 3 rings (SSSR count). The van der Waals surface area contributed by atoms with E-state index in [4.69, 9.17) is 4.74 Å². The molecule has 0 aliphatic carbocycles. The molecule has 0 radical (unpaired) electrons. The van der Waals surface area contributed by atoms with Crippen molar-refractivity contribution in [3.05, 3.63) is 48.3 Å². The van der Waals surface area contributed by atoms with Crippen LogP contribution in [0.5, 0.6) is 6.01 Å². The highest BCUT2D eigenvalue weighted by Crippen LogP contribution is 2.23. The summed E-state index contributed by atoms with van der Waals surface area (Å²) in [6, 6.07) is 8.16. The standard InChI is InChI=1S/C17H19N3O4S/c1-13(21)14-4-2-5-16(12-14)25(22,23)20-10-6-15(7-11-20)24-17-18-8-3-9-19-17/h2-5,8-9,12,15H,6-7,10-11H2,1H3. The summed E-state index contributed by atoms with van der Waals surface area (Å²) in [5.74, 6) is -0.160. The topological polar surface area (TPSA) is 89.5 Å². The molecule has 1 saturated heterocycles. The second kappa shape index (κ2) is 7.28. The Morgan fingerprint density at radius 3 is 2.48 bits per heavy atom. The smallest absolute Gasteiger partial charge is 0.316 e. The van der Waals surface area contributed by atoms with Crippen LogP contribution in [0.4, 0.5) is 0 Å². The first kappa shape index (κ1) is 17.5. The lowest BCUT2D eigenvalue weighted by molar-refractivity contribution is 0.101. The van der Waals surface area contributed by atoms with Crippen molar-refractivity contribution in [1.29, 1.82) is 0 Å². The Balaban J connectivity index is 1.67. The van der Waals surface area contributed by atoms with Gasteiger partial charge >= 0.3 is 6.01 Å². The summed E-state index contributed by atoms with van der Waals surface area (Å²) in [5.41, 5.74) is 0.389. The van der Waals surface area contributed by atoms with Crippen LogP contribution in [0.1, 0.15) is 30.1 Å². The average Bonchev–Trinajstić information content (AvgIpc) is 2.63. The predicted octanol–water partition coefficient (Wildman–Crippen LogP) is 1.91. The number of benzene rings is 1. The molecule has 7 nitrogen and oxygen atoms in total. The van der Waals surface area contributed by atoms with Crippen molar-refractivity contribution in [3.8, 4) is 6.01 Å². The van der Waals surface area contributed by atoms with Crippen LogP contribution < -0.4 is 4.74 Å². The SMILES string of the molecule is CC(=O)c1cccc(S(=O)(=O)N2CCC(Oc3ncccn3)CC2)c1. The number of ether oxygens (including phenoxy) is 1. The van der Waals surface area contributed by atoms with E-state index in [2.05, 4.69) is 9.97 Å². The molecule has 8 heteroatoms. The Kier molecular flexibility index (Phi) is 5.10. The Hall–Kier alpha value is -2.32. The number of hydrogen-bond donors (Lipinski definition) is 0. The lowest BCUT2D eigenvalue weighted by atomic mass is 10.1. The summed E-state index contributed by atoms with van der Waals surface area (Å²) in [6.07, 6.45) is 4.21. The second-order valence-corrected chi connectivity index (χ2v) is 7.77. The first-order valence-electron chi connectivity index (χ1n) is 8.01. The van der Waals surface area contributed by atoms with Gasteiger partial charge in [-0.25, -0.2) is 18.4 Å². The van der Waals surface area contributed by atoms with Crippen molar-refractivity contribution in [2.24, 2.45) is 0 Å². The Labute approximate surface area is 146 Å². The largest absolute Gasteiger partial charge is 0.460 e. The molecule has 1 aliphatic rings. The van der Waals surface area contributed by atoms with Crippen molar-refractivity contribution in [2.45, 2.75) is 30.8 Å². The van der Waals surface area contributed by atoms with Gasteiger partial charge in [0.1, 0.15) is 6.10 Å². The monoisotopic (exact) mass is 361 g/mol. The number of carbonyl (C=O) groups excluding carboxylic acids is 1. The number of rotatable bonds is 5. The first-order valence-corrected chi connectivity index (χ1v) is 9.45. The molecule has 0 saturated carbocycles. The highest BCUT2D eigenvalue weighted by Gasteiger charge is 2.30. The van der Waals surface area contributed by atoms with Crippen molar-refractivity contribution < 1.29 is 17.9 Å². The molecule has 0 unspecified atom stereocenters. The molecule has 1 aromatic carbocycles. The van der Waals surface area contributed by atoms with E-state index in [9.17, 15) is 13.2 Å². The summed E-state index contributed by atoms with van der Waals surface area (Å²) in [6.45, 7) is 2.12. The summed E-state index contributed by atoms with van der Waals surface area (Å²) < 4.78 is 32.7. The highest BCUT2D eigenvalue weighted by atomic mass is 32.2. The van der Waals surface area contributed by atoms with E-state index in [1.807, 2.05) is 0 Å². The van der Waals surface area contributed by atoms with Crippen LogP contribution in [0.15, 0.2) is 47.6 Å². The molecule has 1 aromatic heterocycles. The molecule has 0 spiro atoms. The summed E-state index contributed by atoms with van der Waals surface area (Å²) in [5, 5.41) is 0. The van der Waals surface area contributed by atoms with E-state index in [1.54, 1.807) is 30.6 Å². The van der Waals surface area contributed by atoms with E-state index in [0.29, 0.717) is 37.5 Å². The van der Waals surface area contributed by atoms with Gasteiger partial charge in [-0.3, -0.25) is 4.79 Å². The fourth-order valence-corrected chi connectivity index (χ4v) is 4.23. The minimum absolute atomic E-state index is 0.114. The molecule has 2 heterocycles. The molecule has 2 aromatic rings. The van der Waals surface area contributed by atoms with Crippen LogP contribution in [0.3, 0.4) is 0 Å². The third kappa shape index (κ3) is 4.02. The lowest BCUT2D eigenvalue weighted by Crippen LogP contribution is -2.41. The lowest BCUT2D eigenvalue weighted by Gasteiger charge is -2.30. The van der Waals surface area contributed by atoms with Gasteiger partial charge in [0, 0.05) is 31.0 Å². The molecule has 1 aliphatic heterocycles. The summed E-state index contributed by atoms with van der Waals surface area (Å²) >= 11 is 0. The molecule has 0 bridgehead atoms. The van der Waals surface area contributed by atoms with Crippen LogP contribution >= 0.6 is 0 Å². The Morgan fingerprint density at radius 1 is 1.16 bits per heavy atom. The van der Waals surface area contributed by atoms with Crippen LogP contribution in [-0.4, -0.2) is 47.7 Å². The minimum atomic E-state index is -3.62. The number of ketones is 1. The van der Waals surface area contributed by atoms with E-state index < -0.39 is 10.0 Å². The van der Waals surface area contributed by atoms with Crippen molar-refractivity contribution in [3.63, 3.8) is 0 Å². The fourth-order valence-electron chi connectivity index (χ4n) is 2.71. The second-order valence-electron chi connectivity index (χ2n) is 5.84. The van der Waals surface area contributed by atoms with E-state index in [0.717, 1.165) is 0 Å². The van der Waals surface area contributed by atoms with E-state index in [-0.39, 0.29) is 16.8 Å². The van der Waals surface area contributed by atoms with Gasteiger partial charge in [0.2, 0.25) is 10.0 Å². The number of sulfonamides is 1. The van der Waals surface area contributed by atoms with Crippen LogP contribution in [-0.2, 0) is 10.0 Å². The van der Waals surface area contributed by atoms with Gasteiger partial charge in [0.15, 0.2) is 5.78 Å². The quantitative estimate of drug-likeness (QED) is 0.756. The van der Waals surface area contributed by atoms with Crippen LogP contribution in [0, 0.1) is 0 Å². The van der Waals surface area contributed by atoms with Gasteiger partial charge in [0.25, 0.3) is 0 Å². The fraction of sp³-hybridized carbons (Fsp3) is 0.353. The zero-order valence-electron chi connectivity index (χ0n) is 13.8. The average molecular weight is 361 g/mol. The van der Waals surface area contributed by atoms with Gasteiger partial charge in [-0.05, 0) is 38.0 Å². The zero-order valence-corrected chi connectivity index (χ0v) is 14.6. The van der Waals surface area contributed by atoms with Gasteiger partial charge in [0.05, 0.1) is 4.90 Å². The molecule has 132 valence electrons. The molecule has 1 fully saturated rings. The van der Waals surface area contributed by atoms with Gasteiger partial charge in [-0.15, -0.1) is 0 Å². The maximum absolute atomic E-state index is 12.8. The van der Waals surface area contributed by atoms with Crippen LogP contribution in [0.2, 0.25) is 0 Å². The zero-order chi connectivity index (χ0) is 17.9. The molecule has 0 amide bonds. The molecular formula is C17H19N3O4S. The normalized spacial score (nSPS) is 16.5. The maximum atomic E-state index is 12.8. The first-order chi connectivity index (χ1) is 12.0. The van der Waals surface area contributed by atoms with Gasteiger partial charge in [-0.1, -0.05) is 12.1 Å². The molecule has 0 N–H and O–H groups in total. The molecule has 25 heavy (non-hydrogen) atoms. The van der Waals surface area contributed by atoms with Crippen molar-refractivity contribution in [2.75, 3.05) is 13.1 Å². The third-order valence-electron chi connectivity index (χ3n) is 4.09. The van der Waals surface area contributed by atoms with Crippen molar-refractivity contribution >= 4 is 15.8 Å². The number of carbonyl (C=O) groups is 1. The number of aromatic nitrogens is 2. The summed E-state index contributed by atoms with van der Waals surface area (Å²) in [7, 11) is -3.62. The number of Topliss-reactive ketones (excluding diaryl/α,β-unsaturated/α-hetero) is 1. The predicted molar refractivity (Wildman–Crippen MR) is 90.9 cm³/mol. The summed E-state index contributed by atoms with van der Waals surface area (Å²) in [4.78, 5) is 19.7. The van der Waals surface area contributed by atoms with E-state index in [1.165, 1.54) is 23.4 Å². The Morgan fingerprint density at radius 2 is 1.84 bits per heavy atom. The van der Waals surface area contributed by atoms with Gasteiger partial charge < -0.3 is 4.74 Å². The maximum Gasteiger partial charge on any atom is 0.316 e. The molecular weight excluding hydrogens is 342 g/mol. The number of hydrogen-bond acceptors (Lipinski definition) is 6. The molecule has 0 atom stereocenters. The third-order valence-corrected chi connectivity index (χ3v) is 5.99. The number of piperidine rings is 1. The van der Waals surface area contributed by atoms with E-state index >= 15 is 0 Å². The van der Waals surface area contributed by atoms with Crippen molar-refractivity contribution in [1.82, 2.24) is 14.3 Å². The highest BCUT2D eigenvalue weighted by molar-refractivity contribution is 7.89. The minimum Gasteiger partial charge on any atom is -0.460 e. The van der Waals surface area contributed by atoms with Gasteiger partial charge in [-0.2, -0.15) is 4.31 Å². The Bertz CT molecular complexity index is 847.